The van der Waals surface area contributed by atoms with Crippen molar-refractivity contribution in [1.82, 2.24) is 10.2 Å². The van der Waals surface area contributed by atoms with Crippen molar-refractivity contribution in [3.63, 3.8) is 0 Å². The molecule has 0 bridgehead atoms. The summed E-state index contributed by atoms with van der Waals surface area (Å²) in [5.41, 5.74) is 0. The van der Waals surface area contributed by atoms with E-state index in [1.807, 2.05) is 0 Å². The summed E-state index contributed by atoms with van der Waals surface area (Å²) in [5.74, 6) is 0.895. The van der Waals surface area contributed by atoms with Crippen LogP contribution in [0.1, 0.15) is 72.1 Å². The van der Waals surface area contributed by atoms with Crippen LogP contribution >= 0.6 is 0 Å². The molecule has 1 fully saturated rings. The Kier molecular flexibility index (Phi) is 9.54. The quantitative estimate of drug-likeness (QED) is 0.601. The molecule has 1 aliphatic carbocycles. The molecular formula is C17H36N2. The van der Waals surface area contributed by atoms with Crippen LogP contribution in [0.15, 0.2) is 0 Å². The monoisotopic (exact) mass is 268 g/mol. The zero-order valence-electron chi connectivity index (χ0n) is 13.6. The molecule has 0 unspecified atom stereocenters. The van der Waals surface area contributed by atoms with E-state index in [1.54, 1.807) is 0 Å². The standard InChI is InChI=1S/C17H36N2/c1-4-16(5-2)15-19(6-3)14-10-13-18-17-11-8-7-9-12-17/h16-18H,4-15H2,1-3H3. The van der Waals surface area contributed by atoms with Crippen molar-refractivity contribution >= 4 is 0 Å². The average molecular weight is 268 g/mol. The minimum Gasteiger partial charge on any atom is -0.314 e. The summed E-state index contributed by atoms with van der Waals surface area (Å²) in [6.07, 6.45) is 11.1. The van der Waals surface area contributed by atoms with Gasteiger partial charge in [0.2, 0.25) is 0 Å². The van der Waals surface area contributed by atoms with Crippen LogP contribution in [0, 0.1) is 5.92 Å². The van der Waals surface area contributed by atoms with Crippen molar-refractivity contribution in [2.45, 2.75) is 78.2 Å². The number of nitrogens with one attached hydrogen (secondary N) is 1. The second-order valence-electron chi connectivity index (χ2n) is 6.22. The molecule has 1 N–H and O–H groups in total. The van der Waals surface area contributed by atoms with Gasteiger partial charge in [0.05, 0.1) is 0 Å². The Labute approximate surface area is 121 Å². The molecule has 0 aromatic rings. The molecule has 0 saturated heterocycles. The van der Waals surface area contributed by atoms with E-state index >= 15 is 0 Å². The Morgan fingerprint density at radius 3 is 2.32 bits per heavy atom. The first-order valence-corrected chi connectivity index (χ1v) is 8.75. The maximum Gasteiger partial charge on any atom is 0.00670 e. The van der Waals surface area contributed by atoms with Crippen molar-refractivity contribution in [1.29, 1.82) is 0 Å². The average Bonchev–Trinajstić information content (AvgIpc) is 2.48. The topological polar surface area (TPSA) is 15.3 Å². The van der Waals surface area contributed by atoms with Crippen molar-refractivity contribution in [2.24, 2.45) is 5.92 Å². The Balaban J connectivity index is 2.07. The van der Waals surface area contributed by atoms with Crippen molar-refractivity contribution in [3.8, 4) is 0 Å². The molecule has 0 aromatic carbocycles. The number of rotatable bonds is 10. The van der Waals surface area contributed by atoms with Gasteiger partial charge in [-0.05, 0) is 44.8 Å². The first-order valence-electron chi connectivity index (χ1n) is 8.75. The molecule has 1 aliphatic rings. The number of hydrogen-bond acceptors (Lipinski definition) is 2. The minimum absolute atomic E-state index is 0.822. The van der Waals surface area contributed by atoms with E-state index in [9.17, 15) is 0 Å². The lowest BCUT2D eigenvalue weighted by molar-refractivity contribution is 0.228. The van der Waals surface area contributed by atoms with Gasteiger partial charge >= 0.3 is 0 Å². The van der Waals surface area contributed by atoms with Gasteiger partial charge in [-0.1, -0.05) is 52.9 Å². The molecule has 1 rings (SSSR count). The van der Waals surface area contributed by atoms with E-state index in [0.29, 0.717) is 0 Å². The third-order valence-corrected chi connectivity index (χ3v) is 4.81. The Hall–Kier alpha value is -0.0800. The van der Waals surface area contributed by atoms with Crippen LogP contribution in [0.25, 0.3) is 0 Å². The van der Waals surface area contributed by atoms with Crippen molar-refractivity contribution < 1.29 is 0 Å². The molecule has 0 radical (unpaired) electrons. The minimum atomic E-state index is 0.822. The smallest absolute Gasteiger partial charge is 0.00670 e. The van der Waals surface area contributed by atoms with Gasteiger partial charge in [-0.15, -0.1) is 0 Å². The van der Waals surface area contributed by atoms with Gasteiger partial charge in [0.25, 0.3) is 0 Å². The molecule has 2 nitrogen and oxygen atoms in total. The molecule has 2 heteroatoms. The van der Waals surface area contributed by atoms with Crippen molar-refractivity contribution in [3.05, 3.63) is 0 Å². The largest absolute Gasteiger partial charge is 0.314 e. The van der Waals surface area contributed by atoms with E-state index in [0.717, 1.165) is 12.0 Å². The summed E-state index contributed by atoms with van der Waals surface area (Å²) in [4.78, 5) is 2.64. The number of nitrogens with zero attached hydrogens (tertiary/aromatic N) is 1. The second kappa shape index (κ2) is 10.7. The fourth-order valence-electron chi connectivity index (χ4n) is 3.21. The normalized spacial score (nSPS) is 17.5. The molecule has 0 aliphatic heterocycles. The highest BCUT2D eigenvalue weighted by atomic mass is 15.1. The molecule has 0 aromatic heterocycles. The van der Waals surface area contributed by atoms with Crippen molar-refractivity contribution in [2.75, 3.05) is 26.2 Å². The summed E-state index contributed by atoms with van der Waals surface area (Å²) in [6.45, 7) is 11.9. The molecule has 0 spiro atoms. The van der Waals surface area contributed by atoms with E-state index in [2.05, 4.69) is 31.0 Å². The Bertz CT molecular complexity index is 195. The molecule has 19 heavy (non-hydrogen) atoms. The van der Waals surface area contributed by atoms with Gasteiger partial charge in [0, 0.05) is 12.6 Å². The highest BCUT2D eigenvalue weighted by Crippen LogP contribution is 2.17. The lowest BCUT2D eigenvalue weighted by Crippen LogP contribution is -2.35. The lowest BCUT2D eigenvalue weighted by Gasteiger charge is -2.26. The van der Waals surface area contributed by atoms with Gasteiger partial charge in [0.15, 0.2) is 0 Å². The zero-order valence-corrected chi connectivity index (χ0v) is 13.6. The Morgan fingerprint density at radius 2 is 1.74 bits per heavy atom. The van der Waals surface area contributed by atoms with Crippen LogP contribution in [-0.2, 0) is 0 Å². The number of hydrogen-bond donors (Lipinski definition) is 1. The lowest BCUT2D eigenvalue weighted by atomic mass is 9.95. The fraction of sp³-hybridized carbons (Fsp3) is 1.00. The van der Waals surface area contributed by atoms with Gasteiger partial charge in [-0.2, -0.15) is 0 Å². The first kappa shape index (κ1) is 17.0. The fourth-order valence-corrected chi connectivity index (χ4v) is 3.21. The summed E-state index contributed by atoms with van der Waals surface area (Å²) in [5, 5.41) is 3.76. The maximum absolute atomic E-state index is 3.76. The highest BCUT2D eigenvalue weighted by molar-refractivity contribution is 4.72. The molecule has 114 valence electrons. The van der Waals surface area contributed by atoms with Gasteiger partial charge in [-0.25, -0.2) is 0 Å². The maximum atomic E-state index is 3.76. The first-order chi connectivity index (χ1) is 9.30. The predicted octanol–water partition coefficient (Wildman–Crippen LogP) is 4.06. The second-order valence-corrected chi connectivity index (χ2v) is 6.22. The molecule has 0 heterocycles. The molecule has 0 atom stereocenters. The van der Waals surface area contributed by atoms with Crippen LogP contribution in [-0.4, -0.2) is 37.1 Å². The summed E-state index contributed by atoms with van der Waals surface area (Å²) in [6, 6.07) is 0.822. The third-order valence-electron chi connectivity index (χ3n) is 4.81. The Morgan fingerprint density at radius 1 is 1.05 bits per heavy atom. The zero-order chi connectivity index (χ0) is 13.9. The van der Waals surface area contributed by atoms with Crippen LogP contribution in [0.4, 0.5) is 0 Å². The van der Waals surface area contributed by atoms with Crippen LogP contribution in [0.3, 0.4) is 0 Å². The van der Waals surface area contributed by atoms with E-state index in [4.69, 9.17) is 0 Å². The molecule has 1 saturated carbocycles. The van der Waals surface area contributed by atoms with Gasteiger partial charge in [0.1, 0.15) is 0 Å². The van der Waals surface area contributed by atoms with Gasteiger partial charge < -0.3 is 10.2 Å². The highest BCUT2D eigenvalue weighted by Gasteiger charge is 2.13. The molecule has 0 amide bonds. The van der Waals surface area contributed by atoms with Crippen LogP contribution in [0.5, 0.6) is 0 Å². The van der Waals surface area contributed by atoms with Gasteiger partial charge in [-0.3, -0.25) is 0 Å². The van der Waals surface area contributed by atoms with Crippen LogP contribution < -0.4 is 5.32 Å². The summed E-state index contributed by atoms with van der Waals surface area (Å²) >= 11 is 0. The predicted molar refractivity (Wildman–Crippen MR) is 85.7 cm³/mol. The van der Waals surface area contributed by atoms with E-state index in [-0.39, 0.29) is 0 Å². The summed E-state index contributed by atoms with van der Waals surface area (Å²) < 4.78 is 0. The SMILES string of the molecule is CCC(CC)CN(CC)CCCNC1CCCCC1. The van der Waals surface area contributed by atoms with Crippen LogP contribution in [0.2, 0.25) is 0 Å². The summed E-state index contributed by atoms with van der Waals surface area (Å²) in [7, 11) is 0. The molecular weight excluding hydrogens is 232 g/mol. The third kappa shape index (κ3) is 7.31. The van der Waals surface area contributed by atoms with E-state index in [1.165, 1.54) is 77.5 Å². The van der Waals surface area contributed by atoms with E-state index < -0.39 is 0 Å².